The Balaban J connectivity index is 1.04. The molecule has 0 saturated carbocycles. The predicted molar refractivity (Wildman–Crippen MR) is 132 cm³/mol. The maximum Gasteiger partial charge on any atom is 0.236 e. The molecule has 1 atom stereocenters. The van der Waals surface area contributed by atoms with E-state index in [9.17, 15) is 4.79 Å². The first-order chi connectivity index (χ1) is 16.7. The Kier molecular flexibility index (Phi) is 5.94. The Morgan fingerprint density at radius 3 is 2.56 bits per heavy atom. The van der Waals surface area contributed by atoms with E-state index in [1.54, 1.807) is 17.7 Å². The van der Waals surface area contributed by atoms with Crippen molar-refractivity contribution >= 4 is 33.3 Å². The van der Waals surface area contributed by atoms with Gasteiger partial charge in [-0.2, -0.15) is 15.0 Å². The van der Waals surface area contributed by atoms with Crippen LogP contribution in [0.5, 0.6) is 0 Å². The monoisotopic (exact) mass is 480 g/mol. The second kappa shape index (κ2) is 9.22. The molecule has 180 valence electrons. The lowest BCUT2D eigenvalue weighted by molar-refractivity contribution is -0.132. The number of fused-ring (bicyclic) bond motifs is 2. The van der Waals surface area contributed by atoms with E-state index >= 15 is 0 Å². The Morgan fingerprint density at radius 2 is 1.82 bits per heavy atom. The van der Waals surface area contributed by atoms with Gasteiger partial charge < -0.3 is 9.80 Å². The molecule has 34 heavy (non-hydrogen) atoms. The summed E-state index contributed by atoms with van der Waals surface area (Å²) in [6, 6.07) is 2.51. The van der Waals surface area contributed by atoms with Crippen LogP contribution in [0.3, 0.4) is 0 Å². The molecule has 0 bridgehead atoms. The number of nitrogens with zero attached hydrogens (tertiary/aromatic N) is 8. The predicted octanol–water partition coefficient (Wildman–Crippen LogP) is 2.32. The third-order valence-electron chi connectivity index (χ3n) is 7.43. The molecule has 9 nitrogen and oxygen atoms in total. The highest BCUT2D eigenvalue weighted by atomic mass is 32.1. The zero-order chi connectivity index (χ0) is 23.1. The van der Waals surface area contributed by atoms with Crippen molar-refractivity contribution in [2.24, 2.45) is 0 Å². The molecule has 3 aromatic rings. The summed E-state index contributed by atoms with van der Waals surface area (Å²) in [7, 11) is 0. The quantitative estimate of drug-likeness (QED) is 0.554. The van der Waals surface area contributed by atoms with E-state index in [2.05, 4.69) is 32.8 Å². The molecule has 3 aliphatic rings. The first-order valence-corrected chi connectivity index (χ1v) is 13.4. The van der Waals surface area contributed by atoms with Gasteiger partial charge in [-0.3, -0.25) is 9.69 Å². The van der Waals surface area contributed by atoms with Gasteiger partial charge in [0.2, 0.25) is 5.91 Å². The van der Waals surface area contributed by atoms with Crippen LogP contribution in [-0.2, 0) is 24.1 Å². The molecule has 10 heteroatoms. The first-order valence-electron chi connectivity index (χ1n) is 12.6. The van der Waals surface area contributed by atoms with Crippen LogP contribution in [0, 0.1) is 0 Å². The van der Waals surface area contributed by atoms with Crippen molar-refractivity contribution in [3.63, 3.8) is 0 Å². The molecule has 1 unspecified atom stereocenters. The number of carbonyl (C=O) groups excluding carboxylic acids is 1. The second-order valence-corrected chi connectivity index (χ2v) is 10.8. The number of likely N-dealkylation sites (tertiary alicyclic amines) is 1. The molecule has 2 fully saturated rings. The van der Waals surface area contributed by atoms with E-state index in [1.165, 1.54) is 29.1 Å². The Hall–Kier alpha value is -2.59. The lowest BCUT2D eigenvalue weighted by atomic mass is 10.0. The summed E-state index contributed by atoms with van der Waals surface area (Å²) in [6.45, 7) is 7.53. The molecule has 0 radical (unpaired) electrons. The maximum absolute atomic E-state index is 13.1. The van der Waals surface area contributed by atoms with Crippen molar-refractivity contribution in [1.82, 2.24) is 34.8 Å². The van der Waals surface area contributed by atoms with E-state index in [0.717, 1.165) is 81.0 Å². The van der Waals surface area contributed by atoms with Gasteiger partial charge in [0.15, 0.2) is 0 Å². The lowest BCUT2D eigenvalue weighted by Gasteiger charge is -2.36. The normalized spacial score (nSPS) is 21.4. The summed E-state index contributed by atoms with van der Waals surface area (Å²) < 4.78 is 0. The number of rotatable bonds is 5. The van der Waals surface area contributed by atoms with Crippen LogP contribution in [0.15, 0.2) is 12.4 Å². The molecule has 0 spiro atoms. The number of carbonyl (C=O) groups is 1. The van der Waals surface area contributed by atoms with E-state index in [-0.39, 0.29) is 11.9 Å². The molecule has 6 rings (SSSR count). The minimum Gasteiger partial charge on any atom is -0.352 e. The van der Waals surface area contributed by atoms with Crippen molar-refractivity contribution in [2.75, 3.05) is 50.7 Å². The molecule has 0 N–H and O–H groups in total. The van der Waals surface area contributed by atoms with Crippen molar-refractivity contribution < 1.29 is 4.79 Å². The van der Waals surface area contributed by atoms with Gasteiger partial charge in [0.05, 0.1) is 29.4 Å². The van der Waals surface area contributed by atoms with Crippen molar-refractivity contribution in [1.29, 1.82) is 0 Å². The molecule has 2 saturated heterocycles. The van der Waals surface area contributed by atoms with E-state index in [0.29, 0.717) is 6.54 Å². The van der Waals surface area contributed by atoms with Crippen LogP contribution in [0.25, 0.3) is 10.2 Å². The fraction of sp³-hybridized carbons (Fsp3) is 0.625. The molecule has 2 aliphatic heterocycles. The number of anilines is 1. The number of thiophene rings is 1. The maximum atomic E-state index is 13.1. The lowest BCUT2D eigenvalue weighted by Crippen LogP contribution is -2.51. The summed E-state index contributed by atoms with van der Waals surface area (Å²) in [5.74, 6) is 1.23. The summed E-state index contributed by atoms with van der Waals surface area (Å²) >= 11 is 1.75. The van der Waals surface area contributed by atoms with Gasteiger partial charge in [-0.15, -0.1) is 11.3 Å². The number of aryl methyl sites for hydroxylation is 3. The van der Waals surface area contributed by atoms with E-state index in [1.807, 2.05) is 9.70 Å². The third kappa shape index (κ3) is 4.17. The van der Waals surface area contributed by atoms with Gasteiger partial charge in [-0.1, -0.05) is 6.92 Å². The minimum atomic E-state index is 0.227. The van der Waals surface area contributed by atoms with Crippen LogP contribution in [0.1, 0.15) is 48.5 Å². The average Bonchev–Trinajstić information content (AvgIpc) is 3.61. The summed E-state index contributed by atoms with van der Waals surface area (Å²) in [4.78, 5) is 33.0. The van der Waals surface area contributed by atoms with Crippen molar-refractivity contribution in [3.05, 3.63) is 28.7 Å². The molecular weight excluding hydrogens is 448 g/mol. The highest BCUT2D eigenvalue weighted by Crippen LogP contribution is 2.31. The number of hydrogen-bond acceptors (Lipinski definition) is 8. The first kappa shape index (κ1) is 21.9. The van der Waals surface area contributed by atoms with Crippen LogP contribution < -0.4 is 4.90 Å². The Morgan fingerprint density at radius 1 is 1.06 bits per heavy atom. The molecule has 5 heterocycles. The standard InChI is InChI=1S/C24H32N8OS/c1-2-18-13-19-23(25-16-26-24(19)34-18)31-11-9-30(10-12-31)22(33)15-29-8-7-17(14-29)32-27-20-5-3-4-6-21(20)28-32/h13,16-17H,2-12,14-15H2,1H3. The van der Waals surface area contributed by atoms with Crippen LogP contribution in [0.4, 0.5) is 5.82 Å². The summed E-state index contributed by atoms with van der Waals surface area (Å²) in [5.41, 5.74) is 2.38. The van der Waals surface area contributed by atoms with Gasteiger partial charge in [-0.05, 0) is 44.6 Å². The Bertz CT molecular complexity index is 1160. The minimum absolute atomic E-state index is 0.227. The number of amides is 1. The highest BCUT2D eigenvalue weighted by Gasteiger charge is 2.30. The topological polar surface area (TPSA) is 83.3 Å². The van der Waals surface area contributed by atoms with E-state index in [4.69, 9.17) is 10.2 Å². The van der Waals surface area contributed by atoms with Crippen LogP contribution in [-0.4, -0.2) is 86.5 Å². The van der Waals surface area contributed by atoms with Gasteiger partial charge in [0, 0.05) is 44.1 Å². The summed E-state index contributed by atoms with van der Waals surface area (Å²) in [6.07, 6.45) is 8.25. The summed E-state index contributed by atoms with van der Waals surface area (Å²) in [5, 5.41) is 10.7. The molecule has 1 amide bonds. The van der Waals surface area contributed by atoms with Gasteiger partial charge in [-0.25, -0.2) is 9.97 Å². The van der Waals surface area contributed by atoms with Crippen molar-refractivity contribution in [3.8, 4) is 0 Å². The number of piperazine rings is 1. The molecule has 0 aromatic carbocycles. The number of hydrogen-bond donors (Lipinski definition) is 0. The largest absolute Gasteiger partial charge is 0.352 e. The molecular formula is C24H32N8OS. The zero-order valence-electron chi connectivity index (χ0n) is 19.8. The van der Waals surface area contributed by atoms with Gasteiger partial charge >= 0.3 is 0 Å². The van der Waals surface area contributed by atoms with Gasteiger partial charge in [0.1, 0.15) is 17.0 Å². The number of aromatic nitrogens is 5. The van der Waals surface area contributed by atoms with E-state index < -0.39 is 0 Å². The fourth-order valence-electron chi connectivity index (χ4n) is 5.44. The van der Waals surface area contributed by atoms with Crippen molar-refractivity contribution in [2.45, 2.75) is 51.5 Å². The Labute approximate surface area is 203 Å². The van der Waals surface area contributed by atoms with Crippen LogP contribution >= 0.6 is 11.3 Å². The van der Waals surface area contributed by atoms with Gasteiger partial charge in [0.25, 0.3) is 0 Å². The molecule has 3 aromatic heterocycles. The SMILES string of the molecule is CCc1cc2c(N3CCN(C(=O)CN4CCC(n5nc6c(n5)CCCC6)C4)CC3)ncnc2s1. The average molecular weight is 481 g/mol. The smallest absolute Gasteiger partial charge is 0.236 e. The zero-order valence-corrected chi connectivity index (χ0v) is 20.6. The third-order valence-corrected chi connectivity index (χ3v) is 8.62. The highest BCUT2D eigenvalue weighted by molar-refractivity contribution is 7.18. The van der Waals surface area contributed by atoms with Crippen LogP contribution in [0.2, 0.25) is 0 Å². The second-order valence-electron chi connectivity index (χ2n) is 9.65. The molecule has 1 aliphatic carbocycles. The fourth-order valence-corrected chi connectivity index (χ4v) is 6.37.